The standard InChI is InChI=1S/C20H18O12/c1-3-16(22)28-5-7-30-19(26)13-10-15(32-11-21)14(9-12(13)18(24)25)20(27)31-8-6-29-17(23)4-2/h3-4,9-11H,1-2,5-8H2,(H,24,25). The molecule has 0 fully saturated rings. The van der Waals surface area contributed by atoms with Crippen LogP contribution in [0.25, 0.3) is 0 Å². The van der Waals surface area contributed by atoms with E-state index in [0.717, 1.165) is 24.3 Å². The number of hydrogen-bond donors (Lipinski definition) is 1. The number of carbonyl (C=O) groups is 6. The quantitative estimate of drug-likeness (QED) is 0.147. The molecule has 1 N–H and O–H groups in total. The summed E-state index contributed by atoms with van der Waals surface area (Å²) >= 11 is 0. The Bertz CT molecular complexity index is 931. The van der Waals surface area contributed by atoms with E-state index in [1.54, 1.807) is 0 Å². The van der Waals surface area contributed by atoms with Crippen molar-refractivity contribution in [3.8, 4) is 5.75 Å². The van der Waals surface area contributed by atoms with Crippen LogP contribution < -0.4 is 4.74 Å². The molecule has 1 aromatic carbocycles. The molecule has 0 aromatic heterocycles. The molecule has 0 saturated carbocycles. The van der Waals surface area contributed by atoms with Crippen molar-refractivity contribution >= 4 is 36.3 Å². The second-order valence-electron chi connectivity index (χ2n) is 5.43. The Morgan fingerprint density at radius 3 is 1.66 bits per heavy atom. The normalized spacial score (nSPS) is 9.62. The van der Waals surface area contributed by atoms with E-state index in [1.165, 1.54) is 0 Å². The minimum Gasteiger partial charge on any atom is -0.478 e. The van der Waals surface area contributed by atoms with E-state index in [0.29, 0.717) is 0 Å². The molecule has 0 atom stereocenters. The van der Waals surface area contributed by atoms with Crippen LogP contribution in [0.4, 0.5) is 0 Å². The molecule has 0 radical (unpaired) electrons. The van der Waals surface area contributed by atoms with Gasteiger partial charge in [-0.25, -0.2) is 24.0 Å². The Balaban J connectivity index is 3.04. The van der Waals surface area contributed by atoms with Gasteiger partial charge in [0.15, 0.2) is 0 Å². The van der Waals surface area contributed by atoms with Gasteiger partial charge in [0, 0.05) is 12.2 Å². The molecular weight excluding hydrogens is 432 g/mol. The fraction of sp³-hybridized carbons (Fsp3) is 0.200. The zero-order valence-electron chi connectivity index (χ0n) is 16.6. The van der Waals surface area contributed by atoms with Crippen LogP contribution >= 0.6 is 0 Å². The molecule has 1 rings (SSSR count). The molecule has 0 aliphatic carbocycles. The Morgan fingerprint density at radius 1 is 0.750 bits per heavy atom. The molecule has 0 saturated heterocycles. The Labute approximate surface area is 180 Å². The van der Waals surface area contributed by atoms with Gasteiger partial charge in [0.2, 0.25) is 0 Å². The van der Waals surface area contributed by atoms with Gasteiger partial charge in [-0.2, -0.15) is 0 Å². The van der Waals surface area contributed by atoms with Crippen molar-refractivity contribution in [1.29, 1.82) is 0 Å². The van der Waals surface area contributed by atoms with Crippen LogP contribution in [0.2, 0.25) is 0 Å². The van der Waals surface area contributed by atoms with Gasteiger partial charge in [0.05, 0.1) is 11.1 Å². The highest BCUT2D eigenvalue weighted by Gasteiger charge is 2.25. The topological polar surface area (TPSA) is 169 Å². The second-order valence-corrected chi connectivity index (χ2v) is 5.43. The smallest absolute Gasteiger partial charge is 0.342 e. The fourth-order valence-electron chi connectivity index (χ4n) is 2.06. The summed E-state index contributed by atoms with van der Waals surface area (Å²) in [6.45, 7) is 4.88. The van der Waals surface area contributed by atoms with Crippen LogP contribution in [0.15, 0.2) is 37.4 Å². The first-order valence-electron chi connectivity index (χ1n) is 8.69. The molecule has 0 bridgehead atoms. The van der Waals surface area contributed by atoms with Gasteiger partial charge in [-0.05, 0) is 12.1 Å². The van der Waals surface area contributed by atoms with E-state index in [-0.39, 0.29) is 19.7 Å². The number of aromatic carboxylic acids is 1. The molecule has 0 aliphatic heterocycles. The van der Waals surface area contributed by atoms with Gasteiger partial charge in [0.1, 0.15) is 37.7 Å². The average Bonchev–Trinajstić information content (AvgIpc) is 2.78. The zero-order valence-corrected chi connectivity index (χ0v) is 16.6. The van der Waals surface area contributed by atoms with Gasteiger partial charge >= 0.3 is 29.8 Å². The third-order valence-corrected chi connectivity index (χ3v) is 3.42. The summed E-state index contributed by atoms with van der Waals surface area (Å²) in [6, 6.07) is 1.57. The zero-order chi connectivity index (χ0) is 24.1. The number of carboxylic acids is 1. The van der Waals surface area contributed by atoms with Crippen molar-refractivity contribution < 1.29 is 57.6 Å². The number of ether oxygens (including phenoxy) is 5. The van der Waals surface area contributed by atoms with Crippen LogP contribution in [0.5, 0.6) is 5.75 Å². The number of carbonyl (C=O) groups excluding carboxylic acids is 5. The summed E-state index contributed by atoms with van der Waals surface area (Å²) < 4.78 is 23.6. The van der Waals surface area contributed by atoms with Crippen molar-refractivity contribution in [3.63, 3.8) is 0 Å². The molecule has 0 heterocycles. The van der Waals surface area contributed by atoms with Crippen LogP contribution in [-0.2, 0) is 33.3 Å². The van der Waals surface area contributed by atoms with Gasteiger partial charge in [-0.15, -0.1) is 0 Å². The van der Waals surface area contributed by atoms with Crippen molar-refractivity contribution in [1.82, 2.24) is 0 Å². The number of esters is 4. The van der Waals surface area contributed by atoms with Crippen LogP contribution in [0, 0.1) is 0 Å². The third-order valence-electron chi connectivity index (χ3n) is 3.42. The number of hydrogen-bond acceptors (Lipinski definition) is 11. The molecular formula is C20H18O12. The van der Waals surface area contributed by atoms with E-state index in [4.69, 9.17) is 9.47 Å². The molecule has 12 nitrogen and oxygen atoms in total. The summed E-state index contributed by atoms with van der Waals surface area (Å²) in [5.74, 6) is -5.85. The molecule has 170 valence electrons. The Kier molecular flexibility index (Phi) is 10.3. The van der Waals surface area contributed by atoms with Gasteiger partial charge in [-0.1, -0.05) is 13.2 Å². The first kappa shape index (κ1) is 25.6. The summed E-state index contributed by atoms with van der Waals surface area (Å²) in [4.78, 5) is 68.8. The summed E-state index contributed by atoms with van der Waals surface area (Å²) in [7, 11) is 0. The summed E-state index contributed by atoms with van der Waals surface area (Å²) in [5, 5.41) is 9.40. The minimum absolute atomic E-state index is 0.0533. The lowest BCUT2D eigenvalue weighted by Gasteiger charge is -2.13. The van der Waals surface area contributed by atoms with Crippen molar-refractivity contribution in [2.45, 2.75) is 0 Å². The Morgan fingerprint density at radius 2 is 1.22 bits per heavy atom. The van der Waals surface area contributed by atoms with Crippen molar-refractivity contribution in [2.75, 3.05) is 26.4 Å². The average molecular weight is 450 g/mol. The van der Waals surface area contributed by atoms with Gasteiger partial charge in [-0.3, -0.25) is 4.79 Å². The molecule has 0 spiro atoms. The van der Waals surface area contributed by atoms with Crippen LogP contribution in [0.3, 0.4) is 0 Å². The van der Waals surface area contributed by atoms with Crippen LogP contribution in [0.1, 0.15) is 31.1 Å². The van der Waals surface area contributed by atoms with Crippen molar-refractivity contribution in [3.05, 3.63) is 54.1 Å². The maximum atomic E-state index is 12.3. The first-order valence-corrected chi connectivity index (χ1v) is 8.69. The number of benzene rings is 1. The molecule has 0 aliphatic rings. The summed E-state index contributed by atoms with van der Waals surface area (Å²) in [5.41, 5.74) is -1.68. The monoisotopic (exact) mass is 450 g/mol. The van der Waals surface area contributed by atoms with Crippen LogP contribution in [-0.4, -0.2) is 67.9 Å². The maximum absolute atomic E-state index is 12.3. The lowest BCUT2D eigenvalue weighted by molar-refractivity contribution is -0.139. The molecule has 0 unspecified atom stereocenters. The SMILES string of the molecule is C=CC(=O)OCCOC(=O)c1cc(C(=O)O)c(C(=O)OCCOC(=O)C=C)cc1OC=O. The maximum Gasteiger partial charge on any atom is 0.342 e. The Hall–Kier alpha value is -4.48. The largest absolute Gasteiger partial charge is 0.478 e. The highest BCUT2D eigenvalue weighted by molar-refractivity contribution is 6.06. The third kappa shape index (κ3) is 7.74. The second kappa shape index (κ2) is 13.0. The molecule has 0 amide bonds. The van der Waals surface area contributed by atoms with E-state index in [2.05, 4.69) is 27.4 Å². The first-order chi connectivity index (χ1) is 15.2. The highest BCUT2D eigenvalue weighted by atomic mass is 16.6. The molecule has 12 heteroatoms. The number of carboxylic acid groups (broad SMARTS) is 1. The van der Waals surface area contributed by atoms with E-state index >= 15 is 0 Å². The van der Waals surface area contributed by atoms with Gasteiger partial charge < -0.3 is 28.8 Å². The predicted octanol–water partition coefficient (Wildman–Crippen LogP) is 0.692. The predicted molar refractivity (Wildman–Crippen MR) is 103 cm³/mol. The van der Waals surface area contributed by atoms with Gasteiger partial charge in [0.25, 0.3) is 6.47 Å². The van der Waals surface area contributed by atoms with E-state index in [1.807, 2.05) is 0 Å². The molecule has 1 aromatic rings. The van der Waals surface area contributed by atoms with E-state index < -0.39 is 65.5 Å². The lowest BCUT2D eigenvalue weighted by atomic mass is 10.0. The fourth-order valence-corrected chi connectivity index (χ4v) is 2.06. The molecule has 32 heavy (non-hydrogen) atoms. The lowest BCUT2D eigenvalue weighted by Crippen LogP contribution is -2.18. The number of rotatable bonds is 13. The highest BCUT2D eigenvalue weighted by Crippen LogP contribution is 2.26. The minimum atomic E-state index is -1.60. The van der Waals surface area contributed by atoms with E-state index in [9.17, 15) is 33.9 Å². The van der Waals surface area contributed by atoms with Crippen molar-refractivity contribution in [2.24, 2.45) is 0 Å². The summed E-state index contributed by atoms with van der Waals surface area (Å²) in [6.07, 6.45) is 1.80.